The lowest BCUT2D eigenvalue weighted by atomic mass is 10.3. The molecule has 0 spiro atoms. The molecule has 6 heteroatoms. The first-order valence-corrected chi connectivity index (χ1v) is 4.94. The van der Waals surface area contributed by atoms with E-state index in [-0.39, 0.29) is 5.28 Å². The van der Waals surface area contributed by atoms with Gasteiger partial charge in [-0.25, -0.2) is 14.8 Å². The van der Waals surface area contributed by atoms with E-state index in [2.05, 4.69) is 14.7 Å². The molecule has 1 aromatic rings. The number of carbonyl (C=O) groups excluding carboxylic acids is 1. The average molecular weight is 219 g/mol. The van der Waals surface area contributed by atoms with Crippen LogP contribution in [-0.2, 0) is 4.74 Å². The van der Waals surface area contributed by atoms with Crippen LogP contribution in [0.25, 0.3) is 0 Å². The Bertz CT molecular complexity index is 332. The number of thioether (sulfide) groups is 1. The summed E-state index contributed by atoms with van der Waals surface area (Å²) in [5.41, 5.74) is 0.333. The van der Waals surface area contributed by atoms with Crippen LogP contribution in [-0.4, -0.2) is 29.3 Å². The van der Waals surface area contributed by atoms with E-state index in [9.17, 15) is 4.79 Å². The van der Waals surface area contributed by atoms with E-state index in [0.717, 1.165) is 0 Å². The van der Waals surface area contributed by atoms with Crippen LogP contribution in [0.3, 0.4) is 0 Å². The highest BCUT2D eigenvalue weighted by molar-refractivity contribution is 7.98. The molecule has 1 rings (SSSR count). The fraction of sp³-hybridized carbons (Fsp3) is 0.286. The van der Waals surface area contributed by atoms with Crippen molar-refractivity contribution in [2.24, 2.45) is 0 Å². The minimum absolute atomic E-state index is 0.122. The van der Waals surface area contributed by atoms with Crippen molar-refractivity contribution in [1.29, 1.82) is 0 Å². The summed E-state index contributed by atoms with van der Waals surface area (Å²) in [5.74, 6) is -0.457. The molecule has 4 nitrogen and oxygen atoms in total. The fourth-order valence-corrected chi connectivity index (χ4v) is 1.47. The molecule has 0 N–H and O–H groups in total. The quantitative estimate of drug-likeness (QED) is 0.327. The summed E-state index contributed by atoms with van der Waals surface area (Å²) in [5, 5.41) is 0.642. The summed E-state index contributed by atoms with van der Waals surface area (Å²) in [6.45, 7) is 0. The zero-order valence-corrected chi connectivity index (χ0v) is 8.65. The molecule has 0 amide bonds. The maximum absolute atomic E-state index is 11.1. The van der Waals surface area contributed by atoms with Crippen molar-refractivity contribution in [2.75, 3.05) is 13.4 Å². The van der Waals surface area contributed by atoms with E-state index in [1.807, 2.05) is 0 Å². The second-order valence-electron chi connectivity index (χ2n) is 2.05. The molecule has 0 saturated carbocycles. The van der Waals surface area contributed by atoms with Gasteiger partial charge in [0, 0.05) is 6.20 Å². The third-order valence-corrected chi connectivity index (χ3v) is 2.20. The largest absolute Gasteiger partial charge is 0.465 e. The molecule has 1 heterocycles. The number of nitrogens with zero attached hydrogens (tertiary/aromatic N) is 2. The third-order valence-electron chi connectivity index (χ3n) is 1.32. The molecular formula is C7H7ClN2O2S. The minimum atomic E-state index is -0.457. The molecule has 0 radical (unpaired) electrons. The number of ether oxygens (including phenoxy) is 1. The number of hydrogen-bond acceptors (Lipinski definition) is 5. The van der Waals surface area contributed by atoms with E-state index in [4.69, 9.17) is 11.6 Å². The van der Waals surface area contributed by atoms with Crippen molar-refractivity contribution in [1.82, 2.24) is 9.97 Å². The Hall–Kier alpha value is -0.810. The fourth-order valence-electron chi connectivity index (χ4n) is 0.751. The number of aromatic nitrogens is 2. The predicted octanol–water partition coefficient (Wildman–Crippen LogP) is 1.64. The second kappa shape index (κ2) is 4.43. The van der Waals surface area contributed by atoms with Gasteiger partial charge in [0.05, 0.1) is 7.11 Å². The number of hydrogen-bond donors (Lipinski definition) is 0. The molecule has 0 bridgehead atoms. The summed E-state index contributed by atoms with van der Waals surface area (Å²) in [7, 11) is 1.31. The van der Waals surface area contributed by atoms with E-state index in [0.29, 0.717) is 10.6 Å². The number of rotatable bonds is 2. The van der Waals surface area contributed by atoms with Gasteiger partial charge >= 0.3 is 5.97 Å². The van der Waals surface area contributed by atoms with Gasteiger partial charge in [-0.3, -0.25) is 0 Å². The van der Waals surface area contributed by atoms with Gasteiger partial charge in [0.2, 0.25) is 5.28 Å². The highest BCUT2D eigenvalue weighted by Crippen LogP contribution is 2.19. The normalized spacial score (nSPS) is 9.77. The predicted molar refractivity (Wildman–Crippen MR) is 50.2 cm³/mol. The van der Waals surface area contributed by atoms with Gasteiger partial charge in [-0.2, -0.15) is 0 Å². The Labute approximate surface area is 84.7 Å². The molecule has 0 atom stereocenters. The zero-order chi connectivity index (χ0) is 9.84. The Balaban J connectivity index is 3.13. The lowest BCUT2D eigenvalue weighted by Gasteiger charge is -2.02. The van der Waals surface area contributed by atoms with E-state index in [1.165, 1.54) is 25.1 Å². The van der Waals surface area contributed by atoms with Crippen molar-refractivity contribution in [3.63, 3.8) is 0 Å². The maximum atomic E-state index is 11.1. The van der Waals surface area contributed by atoms with Crippen molar-refractivity contribution in [2.45, 2.75) is 5.03 Å². The smallest absolute Gasteiger partial charge is 0.342 e. The minimum Gasteiger partial charge on any atom is -0.465 e. The van der Waals surface area contributed by atoms with Crippen LogP contribution in [0.2, 0.25) is 5.28 Å². The highest BCUT2D eigenvalue weighted by atomic mass is 35.5. The van der Waals surface area contributed by atoms with Crippen LogP contribution >= 0.6 is 23.4 Å². The molecule has 0 saturated heterocycles. The van der Waals surface area contributed by atoms with Gasteiger partial charge in [-0.15, -0.1) is 11.8 Å². The molecule has 0 unspecified atom stereocenters. The summed E-state index contributed by atoms with van der Waals surface area (Å²) in [4.78, 5) is 18.7. The van der Waals surface area contributed by atoms with Crippen LogP contribution in [0.5, 0.6) is 0 Å². The van der Waals surface area contributed by atoms with Gasteiger partial charge in [0.25, 0.3) is 0 Å². The molecule has 70 valence electrons. The molecule has 0 aromatic carbocycles. The lowest BCUT2D eigenvalue weighted by Crippen LogP contribution is -2.05. The third kappa shape index (κ3) is 2.32. The van der Waals surface area contributed by atoms with Crippen LogP contribution in [0, 0.1) is 0 Å². The molecule has 0 aliphatic rings. The average Bonchev–Trinajstić information content (AvgIpc) is 2.16. The van der Waals surface area contributed by atoms with Crippen molar-refractivity contribution in [3.8, 4) is 0 Å². The van der Waals surface area contributed by atoms with Crippen LogP contribution in [0.4, 0.5) is 0 Å². The SMILES string of the molecule is COC(=O)c1cnc(Cl)nc1SC. The van der Waals surface area contributed by atoms with Crippen LogP contribution in [0.15, 0.2) is 11.2 Å². The summed E-state index contributed by atoms with van der Waals surface area (Å²) in [6.07, 6.45) is 3.15. The van der Waals surface area contributed by atoms with Crippen molar-refractivity contribution < 1.29 is 9.53 Å². The topological polar surface area (TPSA) is 52.1 Å². The Morgan fingerprint density at radius 1 is 1.69 bits per heavy atom. The molecule has 0 fully saturated rings. The van der Waals surface area contributed by atoms with Gasteiger partial charge in [-0.1, -0.05) is 0 Å². The lowest BCUT2D eigenvalue weighted by molar-refractivity contribution is 0.0595. The number of methoxy groups -OCH3 is 1. The number of carbonyl (C=O) groups is 1. The Morgan fingerprint density at radius 3 is 2.92 bits per heavy atom. The van der Waals surface area contributed by atoms with Crippen molar-refractivity contribution >= 4 is 29.3 Å². The van der Waals surface area contributed by atoms with Crippen LogP contribution < -0.4 is 0 Å². The van der Waals surface area contributed by atoms with Crippen LogP contribution in [0.1, 0.15) is 10.4 Å². The Morgan fingerprint density at radius 2 is 2.38 bits per heavy atom. The summed E-state index contributed by atoms with van der Waals surface area (Å²) >= 11 is 6.87. The van der Waals surface area contributed by atoms with E-state index < -0.39 is 5.97 Å². The standard InChI is InChI=1S/C7H7ClN2O2S/c1-12-6(11)4-3-9-7(8)10-5(4)13-2/h3H,1-2H3. The van der Waals surface area contributed by atoms with E-state index in [1.54, 1.807) is 6.26 Å². The molecule has 0 aliphatic carbocycles. The molecule has 13 heavy (non-hydrogen) atoms. The van der Waals surface area contributed by atoms with Gasteiger partial charge in [-0.05, 0) is 17.9 Å². The Kier molecular flexibility index (Phi) is 3.50. The number of halogens is 1. The zero-order valence-electron chi connectivity index (χ0n) is 7.07. The molecule has 0 aliphatic heterocycles. The number of esters is 1. The monoisotopic (exact) mass is 218 g/mol. The first kappa shape index (κ1) is 10.3. The second-order valence-corrected chi connectivity index (χ2v) is 3.19. The molecule has 1 aromatic heterocycles. The maximum Gasteiger partial charge on any atom is 0.342 e. The van der Waals surface area contributed by atoms with Gasteiger partial charge < -0.3 is 4.74 Å². The summed E-state index contributed by atoms with van der Waals surface area (Å²) in [6, 6.07) is 0. The first-order chi connectivity index (χ1) is 6.19. The van der Waals surface area contributed by atoms with Crippen molar-refractivity contribution in [3.05, 3.63) is 17.0 Å². The van der Waals surface area contributed by atoms with Gasteiger partial charge in [0.1, 0.15) is 10.6 Å². The molecular weight excluding hydrogens is 212 g/mol. The summed E-state index contributed by atoms with van der Waals surface area (Å²) < 4.78 is 4.54. The van der Waals surface area contributed by atoms with Gasteiger partial charge in [0.15, 0.2) is 0 Å². The van der Waals surface area contributed by atoms with E-state index >= 15 is 0 Å². The highest BCUT2D eigenvalue weighted by Gasteiger charge is 2.13. The first-order valence-electron chi connectivity index (χ1n) is 3.34.